The molecule has 0 bridgehead atoms. The van der Waals surface area contributed by atoms with Crippen molar-refractivity contribution in [1.29, 1.82) is 0 Å². The van der Waals surface area contributed by atoms with Gasteiger partial charge in [0.15, 0.2) is 0 Å². The van der Waals surface area contributed by atoms with Crippen molar-refractivity contribution in [2.24, 2.45) is 0 Å². The third kappa shape index (κ3) is 5.07. The number of urea groups is 1. The SMILES string of the molecule is CC(=O)N(CCN1CCOCC1)C1CCN(C(=O)NC2CCCC2)C1. The molecular weight excluding hydrogens is 320 g/mol. The van der Waals surface area contributed by atoms with Crippen LogP contribution in [0.1, 0.15) is 39.0 Å². The van der Waals surface area contributed by atoms with E-state index in [1.165, 1.54) is 12.8 Å². The third-order valence-corrected chi connectivity index (χ3v) is 5.74. The molecule has 7 heteroatoms. The predicted octanol–water partition coefficient (Wildman–Crippen LogP) is 0.894. The van der Waals surface area contributed by atoms with Gasteiger partial charge in [0.25, 0.3) is 0 Å². The average Bonchev–Trinajstić information content (AvgIpc) is 3.28. The number of hydrogen-bond donors (Lipinski definition) is 1. The van der Waals surface area contributed by atoms with Crippen molar-refractivity contribution in [3.63, 3.8) is 0 Å². The van der Waals surface area contributed by atoms with E-state index in [2.05, 4.69) is 10.2 Å². The summed E-state index contributed by atoms with van der Waals surface area (Å²) >= 11 is 0. The van der Waals surface area contributed by atoms with Gasteiger partial charge in [-0.2, -0.15) is 0 Å². The van der Waals surface area contributed by atoms with Gasteiger partial charge in [-0.3, -0.25) is 9.69 Å². The molecule has 0 radical (unpaired) electrons. The molecular formula is C18H32N4O3. The molecule has 1 unspecified atom stereocenters. The Balaban J connectivity index is 1.46. The Morgan fingerprint density at radius 1 is 1.12 bits per heavy atom. The van der Waals surface area contributed by atoms with Gasteiger partial charge in [0.2, 0.25) is 5.91 Å². The standard InChI is InChI=1S/C18H32N4O3/c1-15(23)22(9-8-20-10-12-25-13-11-20)17-6-7-21(14-17)18(24)19-16-4-2-3-5-16/h16-17H,2-14H2,1H3,(H,19,24). The largest absolute Gasteiger partial charge is 0.379 e. The molecule has 2 saturated heterocycles. The average molecular weight is 352 g/mol. The van der Waals surface area contributed by atoms with Gasteiger partial charge in [0.05, 0.1) is 19.3 Å². The van der Waals surface area contributed by atoms with Crippen molar-refractivity contribution in [3.05, 3.63) is 0 Å². The maximum Gasteiger partial charge on any atom is 0.317 e. The highest BCUT2D eigenvalue weighted by molar-refractivity contribution is 5.76. The zero-order valence-electron chi connectivity index (χ0n) is 15.4. The first-order valence-electron chi connectivity index (χ1n) is 9.76. The summed E-state index contributed by atoms with van der Waals surface area (Å²) in [5.41, 5.74) is 0. The second-order valence-electron chi connectivity index (χ2n) is 7.49. The fourth-order valence-electron chi connectivity index (χ4n) is 4.19. The van der Waals surface area contributed by atoms with Gasteiger partial charge in [0.1, 0.15) is 0 Å². The Labute approximate surface area is 150 Å². The summed E-state index contributed by atoms with van der Waals surface area (Å²) in [4.78, 5) is 30.7. The lowest BCUT2D eigenvalue weighted by molar-refractivity contribution is -0.131. The number of nitrogens with zero attached hydrogens (tertiary/aromatic N) is 3. The minimum Gasteiger partial charge on any atom is -0.379 e. The van der Waals surface area contributed by atoms with Crippen molar-refractivity contribution in [1.82, 2.24) is 20.0 Å². The minimum atomic E-state index is 0.0473. The second kappa shape index (κ2) is 8.85. The van der Waals surface area contributed by atoms with E-state index >= 15 is 0 Å². The van der Waals surface area contributed by atoms with Crippen LogP contribution in [0.2, 0.25) is 0 Å². The molecule has 25 heavy (non-hydrogen) atoms. The summed E-state index contributed by atoms with van der Waals surface area (Å²) < 4.78 is 5.38. The highest BCUT2D eigenvalue weighted by Crippen LogP contribution is 2.20. The number of hydrogen-bond acceptors (Lipinski definition) is 4. The zero-order chi connectivity index (χ0) is 17.6. The summed E-state index contributed by atoms with van der Waals surface area (Å²) in [5, 5.41) is 3.15. The molecule has 1 saturated carbocycles. The summed E-state index contributed by atoms with van der Waals surface area (Å²) in [6.07, 6.45) is 5.51. The molecule has 3 amide bonds. The number of morpholine rings is 1. The smallest absolute Gasteiger partial charge is 0.317 e. The summed E-state index contributed by atoms with van der Waals surface area (Å²) in [6, 6.07) is 0.538. The molecule has 0 aromatic carbocycles. The fourth-order valence-corrected chi connectivity index (χ4v) is 4.19. The quantitative estimate of drug-likeness (QED) is 0.798. The predicted molar refractivity (Wildman–Crippen MR) is 95.4 cm³/mol. The Bertz CT molecular complexity index is 461. The molecule has 3 fully saturated rings. The molecule has 0 aromatic heterocycles. The van der Waals surface area contributed by atoms with Crippen molar-refractivity contribution >= 4 is 11.9 Å². The molecule has 3 aliphatic rings. The van der Waals surface area contributed by atoms with Crippen LogP contribution in [0.3, 0.4) is 0 Å². The van der Waals surface area contributed by atoms with Crippen LogP contribution in [0, 0.1) is 0 Å². The number of ether oxygens (including phenoxy) is 1. The topological polar surface area (TPSA) is 65.1 Å². The monoisotopic (exact) mass is 352 g/mol. The van der Waals surface area contributed by atoms with E-state index in [0.717, 1.165) is 65.2 Å². The number of carbonyl (C=O) groups is 2. The molecule has 142 valence electrons. The molecule has 0 aromatic rings. The number of amides is 3. The highest BCUT2D eigenvalue weighted by Gasteiger charge is 2.32. The minimum absolute atomic E-state index is 0.0473. The van der Waals surface area contributed by atoms with E-state index in [4.69, 9.17) is 4.74 Å². The van der Waals surface area contributed by atoms with E-state index in [9.17, 15) is 9.59 Å². The van der Waals surface area contributed by atoms with Crippen LogP contribution in [0.5, 0.6) is 0 Å². The van der Waals surface area contributed by atoms with Gasteiger partial charge in [-0.15, -0.1) is 0 Å². The molecule has 1 N–H and O–H groups in total. The van der Waals surface area contributed by atoms with Crippen LogP contribution < -0.4 is 5.32 Å². The Morgan fingerprint density at radius 3 is 2.52 bits per heavy atom. The molecule has 2 heterocycles. The lowest BCUT2D eigenvalue weighted by atomic mass is 10.2. The van der Waals surface area contributed by atoms with E-state index in [1.54, 1.807) is 6.92 Å². The first-order valence-corrected chi connectivity index (χ1v) is 9.76. The molecule has 1 atom stereocenters. The molecule has 2 aliphatic heterocycles. The van der Waals surface area contributed by atoms with E-state index < -0.39 is 0 Å². The van der Waals surface area contributed by atoms with Crippen LogP contribution in [0.4, 0.5) is 4.79 Å². The first kappa shape index (κ1) is 18.5. The van der Waals surface area contributed by atoms with Crippen LogP contribution in [-0.4, -0.2) is 91.2 Å². The maximum atomic E-state index is 12.4. The van der Waals surface area contributed by atoms with Gasteiger partial charge in [0, 0.05) is 52.2 Å². The van der Waals surface area contributed by atoms with Crippen LogP contribution in [0.15, 0.2) is 0 Å². The van der Waals surface area contributed by atoms with Crippen molar-refractivity contribution < 1.29 is 14.3 Å². The van der Waals surface area contributed by atoms with E-state index in [0.29, 0.717) is 12.6 Å². The summed E-state index contributed by atoms with van der Waals surface area (Å²) in [6.45, 7) is 8.08. The van der Waals surface area contributed by atoms with Crippen LogP contribution >= 0.6 is 0 Å². The van der Waals surface area contributed by atoms with Gasteiger partial charge in [-0.25, -0.2) is 4.79 Å². The molecule has 3 rings (SSSR count). The molecule has 0 spiro atoms. The molecule has 1 aliphatic carbocycles. The van der Waals surface area contributed by atoms with Gasteiger partial charge in [-0.1, -0.05) is 12.8 Å². The second-order valence-corrected chi connectivity index (χ2v) is 7.49. The van der Waals surface area contributed by atoms with Gasteiger partial charge < -0.3 is 19.9 Å². The third-order valence-electron chi connectivity index (χ3n) is 5.74. The summed E-state index contributed by atoms with van der Waals surface area (Å²) in [7, 11) is 0. The Kier molecular flexibility index (Phi) is 6.53. The number of carbonyl (C=O) groups excluding carboxylic acids is 2. The van der Waals surface area contributed by atoms with Crippen molar-refractivity contribution in [3.8, 4) is 0 Å². The number of likely N-dealkylation sites (tertiary alicyclic amines) is 1. The number of nitrogens with one attached hydrogen (secondary N) is 1. The fraction of sp³-hybridized carbons (Fsp3) is 0.889. The zero-order valence-corrected chi connectivity index (χ0v) is 15.4. The lowest BCUT2D eigenvalue weighted by Crippen LogP contribution is -2.48. The van der Waals surface area contributed by atoms with Crippen LogP contribution in [0.25, 0.3) is 0 Å². The molecule has 7 nitrogen and oxygen atoms in total. The Hall–Kier alpha value is -1.34. The van der Waals surface area contributed by atoms with Crippen molar-refractivity contribution in [2.75, 3.05) is 52.5 Å². The maximum absolute atomic E-state index is 12.4. The number of rotatable bonds is 5. The van der Waals surface area contributed by atoms with E-state index in [1.807, 2.05) is 9.80 Å². The van der Waals surface area contributed by atoms with Crippen LogP contribution in [-0.2, 0) is 9.53 Å². The highest BCUT2D eigenvalue weighted by atomic mass is 16.5. The summed E-state index contributed by atoms with van der Waals surface area (Å²) in [5.74, 6) is 0.108. The Morgan fingerprint density at radius 2 is 1.84 bits per heavy atom. The normalized spacial score (nSPS) is 25.3. The van der Waals surface area contributed by atoms with Gasteiger partial charge >= 0.3 is 6.03 Å². The van der Waals surface area contributed by atoms with E-state index in [-0.39, 0.29) is 18.0 Å². The van der Waals surface area contributed by atoms with Gasteiger partial charge in [-0.05, 0) is 19.3 Å². The van der Waals surface area contributed by atoms with Crippen molar-refractivity contribution in [2.45, 2.75) is 51.1 Å². The first-order chi connectivity index (χ1) is 12.1. The lowest BCUT2D eigenvalue weighted by Gasteiger charge is -2.32.